The Morgan fingerprint density at radius 2 is 1.84 bits per heavy atom. The molecule has 2 heterocycles. The van der Waals surface area contributed by atoms with Crippen molar-refractivity contribution in [3.63, 3.8) is 0 Å². The van der Waals surface area contributed by atoms with Gasteiger partial charge in [-0.15, -0.1) is 11.3 Å². The van der Waals surface area contributed by atoms with Crippen molar-refractivity contribution in [1.82, 2.24) is 20.2 Å². The van der Waals surface area contributed by atoms with Crippen molar-refractivity contribution in [1.29, 1.82) is 0 Å². The summed E-state index contributed by atoms with van der Waals surface area (Å²) in [5.74, 6) is -0.676. The summed E-state index contributed by atoms with van der Waals surface area (Å²) >= 11 is 1.49. The molecule has 6 nitrogen and oxygen atoms in total. The van der Waals surface area contributed by atoms with Gasteiger partial charge in [0.15, 0.2) is 0 Å². The second-order valence-electron chi connectivity index (χ2n) is 7.21. The average Bonchev–Trinajstić information content (AvgIpc) is 3.52. The van der Waals surface area contributed by atoms with E-state index in [1.54, 1.807) is 30.7 Å². The lowest BCUT2D eigenvalue weighted by atomic mass is 10.1. The van der Waals surface area contributed by atoms with Crippen molar-refractivity contribution >= 4 is 29.2 Å². The molecule has 160 valence electrons. The Kier molecular flexibility index (Phi) is 6.57. The minimum absolute atomic E-state index is 0.202. The molecular weight excluding hydrogens is 420 g/mol. The summed E-state index contributed by atoms with van der Waals surface area (Å²) in [7, 11) is 0. The highest BCUT2D eigenvalue weighted by Crippen LogP contribution is 2.14. The van der Waals surface area contributed by atoms with Gasteiger partial charge in [0.2, 0.25) is 0 Å². The maximum atomic E-state index is 12.9. The van der Waals surface area contributed by atoms with Crippen molar-refractivity contribution in [2.24, 2.45) is 0 Å². The van der Waals surface area contributed by atoms with E-state index in [1.165, 1.54) is 11.3 Å². The smallest absolute Gasteiger partial charge is 0.268 e. The first-order valence-electron chi connectivity index (χ1n) is 10.1. The van der Waals surface area contributed by atoms with Crippen LogP contribution in [0, 0.1) is 6.92 Å². The quantitative estimate of drug-likeness (QED) is 0.418. The Balaban J connectivity index is 1.45. The Morgan fingerprint density at radius 1 is 1.06 bits per heavy atom. The van der Waals surface area contributed by atoms with Crippen LogP contribution in [0.25, 0.3) is 11.8 Å². The van der Waals surface area contributed by atoms with Crippen molar-refractivity contribution in [3.8, 4) is 5.69 Å². The summed E-state index contributed by atoms with van der Waals surface area (Å²) in [4.78, 5) is 30.5. The number of hydrogen-bond donors (Lipinski definition) is 2. The molecule has 32 heavy (non-hydrogen) atoms. The van der Waals surface area contributed by atoms with Crippen LogP contribution < -0.4 is 10.6 Å². The van der Waals surface area contributed by atoms with E-state index >= 15 is 0 Å². The van der Waals surface area contributed by atoms with Crippen molar-refractivity contribution in [3.05, 3.63) is 112 Å². The van der Waals surface area contributed by atoms with Crippen molar-refractivity contribution in [2.45, 2.75) is 13.5 Å². The van der Waals surface area contributed by atoms with E-state index in [4.69, 9.17) is 0 Å². The van der Waals surface area contributed by atoms with Crippen LogP contribution in [-0.2, 0) is 11.3 Å². The monoisotopic (exact) mass is 442 g/mol. The number of rotatable bonds is 7. The molecule has 0 fully saturated rings. The Hall–Kier alpha value is -3.97. The lowest BCUT2D eigenvalue weighted by Gasteiger charge is -2.12. The number of nitrogens with one attached hydrogen (secondary N) is 2. The zero-order valence-electron chi connectivity index (χ0n) is 17.5. The number of carbonyl (C=O) groups is 2. The molecule has 2 aromatic heterocycles. The van der Waals surface area contributed by atoms with Crippen LogP contribution in [0.5, 0.6) is 0 Å². The van der Waals surface area contributed by atoms with Crippen LogP contribution >= 0.6 is 11.3 Å². The first-order valence-corrected chi connectivity index (χ1v) is 10.9. The predicted octanol–water partition coefficient (Wildman–Crippen LogP) is 4.33. The number of hydrogen-bond acceptors (Lipinski definition) is 4. The molecular formula is C25H22N4O2S. The van der Waals surface area contributed by atoms with Crippen LogP contribution in [0.4, 0.5) is 0 Å². The van der Waals surface area contributed by atoms with E-state index in [2.05, 4.69) is 15.6 Å². The molecule has 0 aliphatic carbocycles. The lowest BCUT2D eigenvalue weighted by molar-refractivity contribution is -0.117. The summed E-state index contributed by atoms with van der Waals surface area (Å²) in [6.07, 6.45) is 7.01. The van der Waals surface area contributed by atoms with Crippen LogP contribution in [0.2, 0.25) is 0 Å². The number of carbonyl (C=O) groups excluding carboxylic acids is 2. The fourth-order valence-electron chi connectivity index (χ4n) is 3.05. The van der Waals surface area contributed by atoms with Gasteiger partial charge in [0.25, 0.3) is 11.8 Å². The lowest BCUT2D eigenvalue weighted by Crippen LogP contribution is -2.34. The maximum Gasteiger partial charge on any atom is 0.268 e. The first kappa shape index (κ1) is 21.3. The molecule has 2 aromatic carbocycles. The molecule has 0 saturated carbocycles. The second kappa shape index (κ2) is 9.89. The molecule has 0 saturated heterocycles. The van der Waals surface area contributed by atoms with Crippen LogP contribution in [0.3, 0.4) is 0 Å². The zero-order valence-corrected chi connectivity index (χ0v) is 18.3. The number of benzene rings is 2. The highest BCUT2D eigenvalue weighted by Gasteiger charge is 2.15. The number of nitrogens with zero attached hydrogens (tertiary/aromatic N) is 2. The highest BCUT2D eigenvalue weighted by atomic mass is 32.1. The van der Waals surface area contributed by atoms with Crippen LogP contribution in [0.15, 0.2) is 90.5 Å². The minimum Gasteiger partial charge on any atom is -0.347 e. The van der Waals surface area contributed by atoms with Gasteiger partial charge >= 0.3 is 0 Å². The standard InChI is InChI=1S/C25H22N4O2S/c1-18-4-8-20(9-5-18)24(30)28-23(15-22-3-2-14-32-22)25(31)27-16-19-6-10-21(11-7-19)29-13-12-26-17-29/h2-15,17H,16H2,1H3,(H,27,31)(H,28,30)/b23-15-. The Bertz CT molecular complexity index is 1210. The molecule has 0 unspecified atom stereocenters. The molecule has 0 aliphatic heterocycles. The van der Waals surface area contributed by atoms with E-state index in [0.29, 0.717) is 12.1 Å². The summed E-state index contributed by atoms with van der Waals surface area (Å²) in [5, 5.41) is 7.58. The van der Waals surface area contributed by atoms with E-state index in [1.807, 2.05) is 71.6 Å². The third-order valence-electron chi connectivity index (χ3n) is 4.83. The van der Waals surface area contributed by atoms with Gasteiger partial charge in [-0.05, 0) is 54.3 Å². The van der Waals surface area contributed by atoms with Crippen LogP contribution in [0.1, 0.15) is 26.4 Å². The van der Waals surface area contributed by atoms with E-state index in [-0.39, 0.29) is 17.5 Å². The summed E-state index contributed by atoms with van der Waals surface area (Å²) in [6.45, 7) is 2.30. The van der Waals surface area contributed by atoms with Gasteiger partial charge in [-0.25, -0.2) is 4.98 Å². The second-order valence-corrected chi connectivity index (χ2v) is 8.19. The summed E-state index contributed by atoms with van der Waals surface area (Å²) < 4.78 is 1.91. The molecule has 0 radical (unpaired) electrons. The normalized spacial score (nSPS) is 11.2. The first-order chi connectivity index (χ1) is 15.6. The van der Waals surface area contributed by atoms with Gasteiger partial charge in [0.05, 0.1) is 6.33 Å². The summed E-state index contributed by atoms with van der Waals surface area (Å²) in [5.41, 5.74) is 3.69. The van der Waals surface area contributed by atoms with E-state index in [9.17, 15) is 9.59 Å². The predicted molar refractivity (Wildman–Crippen MR) is 126 cm³/mol. The maximum absolute atomic E-state index is 12.9. The summed E-state index contributed by atoms with van der Waals surface area (Å²) in [6, 6.07) is 18.8. The van der Waals surface area contributed by atoms with Crippen LogP contribution in [-0.4, -0.2) is 21.4 Å². The molecule has 4 rings (SSSR count). The zero-order chi connectivity index (χ0) is 22.3. The van der Waals surface area contributed by atoms with Gasteiger partial charge in [-0.2, -0.15) is 0 Å². The Morgan fingerprint density at radius 3 is 2.50 bits per heavy atom. The third-order valence-corrected chi connectivity index (χ3v) is 5.65. The third kappa shape index (κ3) is 5.39. The van der Waals surface area contributed by atoms with Gasteiger partial charge < -0.3 is 15.2 Å². The number of thiophene rings is 1. The number of aryl methyl sites for hydroxylation is 1. The average molecular weight is 443 g/mol. The molecule has 7 heteroatoms. The topological polar surface area (TPSA) is 76.0 Å². The number of amides is 2. The highest BCUT2D eigenvalue weighted by molar-refractivity contribution is 7.10. The van der Waals surface area contributed by atoms with Gasteiger partial charge in [0, 0.05) is 35.1 Å². The van der Waals surface area contributed by atoms with E-state index < -0.39 is 0 Å². The molecule has 0 aliphatic rings. The minimum atomic E-state index is -0.349. The van der Waals surface area contributed by atoms with Gasteiger partial charge in [-0.3, -0.25) is 9.59 Å². The SMILES string of the molecule is Cc1ccc(C(=O)N/C(=C\c2cccs2)C(=O)NCc2ccc(-n3ccnc3)cc2)cc1. The fourth-order valence-corrected chi connectivity index (χ4v) is 3.71. The Labute approximate surface area is 190 Å². The molecule has 2 amide bonds. The van der Waals surface area contributed by atoms with Crippen molar-refractivity contribution in [2.75, 3.05) is 0 Å². The van der Waals surface area contributed by atoms with Gasteiger partial charge in [-0.1, -0.05) is 35.9 Å². The van der Waals surface area contributed by atoms with E-state index in [0.717, 1.165) is 21.7 Å². The van der Waals surface area contributed by atoms with Gasteiger partial charge in [0.1, 0.15) is 5.70 Å². The molecule has 4 aromatic rings. The molecule has 0 bridgehead atoms. The fraction of sp³-hybridized carbons (Fsp3) is 0.0800. The largest absolute Gasteiger partial charge is 0.347 e. The van der Waals surface area contributed by atoms with Crippen molar-refractivity contribution < 1.29 is 9.59 Å². The molecule has 0 spiro atoms. The molecule has 2 N–H and O–H groups in total. The molecule has 0 atom stereocenters. The number of aromatic nitrogens is 2. The number of imidazole rings is 1.